The van der Waals surface area contributed by atoms with E-state index in [2.05, 4.69) is 33.2 Å². The lowest BCUT2D eigenvalue weighted by Gasteiger charge is -2.31. The molecule has 11 heteroatoms. The summed E-state index contributed by atoms with van der Waals surface area (Å²) in [6.45, 7) is 4.59. The molecule has 0 radical (unpaired) electrons. The Hall–Kier alpha value is -2.60. The van der Waals surface area contributed by atoms with Crippen LogP contribution >= 0.6 is 11.3 Å². The first kappa shape index (κ1) is 26.0. The molecule has 2 aliphatic heterocycles. The van der Waals surface area contributed by atoms with Crippen molar-refractivity contribution in [3.63, 3.8) is 0 Å². The quantitative estimate of drug-likeness (QED) is 0.420. The molecular weight excluding hydrogens is 508 g/mol. The van der Waals surface area contributed by atoms with Crippen LogP contribution in [0.1, 0.15) is 43.7 Å². The van der Waals surface area contributed by atoms with Gasteiger partial charge in [0, 0.05) is 51.4 Å². The number of benzene rings is 1. The van der Waals surface area contributed by atoms with Crippen molar-refractivity contribution in [1.82, 2.24) is 20.3 Å². The maximum Gasteiger partial charge on any atom is 0.274 e. The molecule has 9 nitrogen and oxygen atoms in total. The van der Waals surface area contributed by atoms with Crippen molar-refractivity contribution in [1.29, 1.82) is 0 Å². The predicted octanol–water partition coefficient (Wildman–Crippen LogP) is 3.16. The Morgan fingerprint density at radius 3 is 2.73 bits per heavy atom. The van der Waals surface area contributed by atoms with Gasteiger partial charge in [-0.3, -0.25) is 5.32 Å². The smallest absolute Gasteiger partial charge is 0.274 e. The summed E-state index contributed by atoms with van der Waals surface area (Å²) in [5.41, 5.74) is 9.61. The topological polar surface area (TPSA) is 123 Å². The minimum Gasteiger partial charge on any atom is -0.467 e. The predicted molar refractivity (Wildman–Crippen MR) is 149 cm³/mol. The van der Waals surface area contributed by atoms with Crippen molar-refractivity contribution in [3.05, 3.63) is 47.8 Å². The molecule has 0 bridgehead atoms. The molecule has 3 aromatic rings. The second-order valence-corrected chi connectivity index (χ2v) is 12.8. The van der Waals surface area contributed by atoms with Crippen molar-refractivity contribution < 1.29 is 13.2 Å². The lowest BCUT2D eigenvalue weighted by atomic mass is 10.0. The van der Waals surface area contributed by atoms with Crippen LogP contribution in [0.25, 0.3) is 15.8 Å². The third-order valence-electron chi connectivity index (χ3n) is 6.84. The number of hydrogen-bond acceptors (Lipinski definition) is 10. The Morgan fingerprint density at radius 2 is 2.00 bits per heavy atom. The number of anilines is 1. The lowest BCUT2D eigenvalue weighted by molar-refractivity contribution is 0.170. The lowest BCUT2D eigenvalue weighted by Crippen LogP contribution is -2.41. The highest BCUT2D eigenvalue weighted by Gasteiger charge is 2.26. The largest absolute Gasteiger partial charge is 0.467 e. The van der Waals surface area contributed by atoms with E-state index in [-0.39, 0.29) is 18.4 Å². The SMILES string of the molecule is CCCc1cnc(N2CCC(Oc3nc4ccc(C5=CC(S(=O)(=O)CCN)NCC5)cc4s3)CC2)nc1. The Kier molecular flexibility index (Phi) is 8.04. The van der Waals surface area contributed by atoms with E-state index in [9.17, 15) is 8.42 Å². The molecule has 2 aromatic heterocycles. The number of aromatic nitrogens is 3. The highest BCUT2D eigenvalue weighted by molar-refractivity contribution is 7.92. The second kappa shape index (κ2) is 11.4. The first-order chi connectivity index (χ1) is 17.9. The summed E-state index contributed by atoms with van der Waals surface area (Å²) in [6.07, 6.45) is 10.4. The first-order valence-electron chi connectivity index (χ1n) is 12.9. The molecular formula is C26H34N6O3S2. The number of ether oxygens (including phenoxy) is 1. The standard InChI is InChI=1S/C26H34N6O3S2/c1-2-3-18-16-29-25(30-17-18)32-11-7-21(8-12-32)35-26-31-22-5-4-19(14-23(22)36-26)20-6-10-28-24(15-20)37(33,34)13-9-27/h4-5,14-17,21,24,28H,2-3,6-13,27H2,1H3. The van der Waals surface area contributed by atoms with E-state index in [4.69, 9.17) is 15.5 Å². The molecule has 1 saturated heterocycles. The minimum atomic E-state index is -3.31. The third kappa shape index (κ3) is 6.11. The van der Waals surface area contributed by atoms with Gasteiger partial charge in [-0.2, -0.15) is 0 Å². The molecule has 0 amide bonds. The summed E-state index contributed by atoms with van der Waals surface area (Å²) in [6, 6.07) is 6.09. The van der Waals surface area contributed by atoms with Gasteiger partial charge in [0.15, 0.2) is 9.84 Å². The maximum absolute atomic E-state index is 12.5. The number of nitrogens with zero attached hydrogens (tertiary/aromatic N) is 4. The van der Waals surface area contributed by atoms with Crippen molar-refractivity contribution in [2.75, 3.05) is 36.8 Å². The number of fused-ring (bicyclic) bond motifs is 1. The summed E-state index contributed by atoms with van der Waals surface area (Å²) in [4.78, 5) is 16.0. The number of nitrogens with two attached hydrogens (primary N) is 1. The van der Waals surface area contributed by atoms with Crippen molar-refractivity contribution >= 4 is 42.9 Å². The van der Waals surface area contributed by atoms with Crippen LogP contribution < -0.4 is 20.7 Å². The average Bonchev–Trinajstić information content (AvgIpc) is 3.31. The van der Waals surface area contributed by atoms with Gasteiger partial charge < -0.3 is 15.4 Å². The van der Waals surface area contributed by atoms with Crippen LogP contribution in [-0.2, 0) is 16.3 Å². The molecule has 4 heterocycles. The number of thiazole rings is 1. The van der Waals surface area contributed by atoms with Gasteiger partial charge in [-0.15, -0.1) is 0 Å². The fourth-order valence-electron chi connectivity index (χ4n) is 4.84. The van der Waals surface area contributed by atoms with Crippen LogP contribution in [0.2, 0.25) is 0 Å². The zero-order valence-electron chi connectivity index (χ0n) is 21.1. The first-order valence-corrected chi connectivity index (χ1v) is 15.5. The van der Waals surface area contributed by atoms with Crippen LogP contribution in [0, 0.1) is 0 Å². The normalized spacial score (nSPS) is 19.2. The van der Waals surface area contributed by atoms with Crippen LogP contribution in [0.5, 0.6) is 5.19 Å². The zero-order chi connectivity index (χ0) is 25.8. The fraction of sp³-hybridized carbons (Fsp3) is 0.500. The van der Waals surface area contributed by atoms with E-state index in [0.29, 0.717) is 11.7 Å². The van der Waals surface area contributed by atoms with Crippen molar-refractivity contribution in [2.45, 2.75) is 50.5 Å². The summed E-state index contributed by atoms with van der Waals surface area (Å²) in [5, 5.41) is 3.07. The molecule has 1 aromatic carbocycles. The Bertz CT molecular complexity index is 1350. The number of aryl methyl sites for hydroxylation is 1. The minimum absolute atomic E-state index is 0.0276. The molecule has 0 spiro atoms. The van der Waals surface area contributed by atoms with Gasteiger partial charge in [-0.05, 0) is 47.8 Å². The molecule has 1 fully saturated rings. The monoisotopic (exact) mass is 542 g/mol. The molecule has 1 atom stereocenters. The molecule has 0 saturated carbocycles. The summed E-state index contributed by atoms with van der Waals surface area (Å²) < 4.78 is 32.3. The number of hydrogen-bond donors (Lipinski definition) is 2. The Labute approximate surface area is 222 Å². The van der Waals surface area contributed by atoms with Gasteiger partial charge >= 0.3 is 0 Å². The van der Waals surface area contributed by atoms with E-state index >= 15 is 0 Å². The maximum atomic E-state index is 12.5. The van der Waals surface area contributed by atoms with Crippen LogP contribution in [0.4, 0.5) is 5.95 Å². The fourth-order valence-corrected chi connectivity index (χ4v) is 7.08. The van der Waals surface area contributed by atoms with Gasteiger partial charge in [0.05, 0.1) is 16.0 Å². The van der Waals surface area contributed by atoms with Gasteiger partial charge in [0.2, 0.25) is 5.95 Å². The molecule has 2 aliphatic rings. The van der Waals surface area contributed by atoms with Gasteiger partial charge in [0.25, 0.3) is 5.19 Å². The van der Waals surface area contributed by atoms with E-state index < -0.39 is 15.2 Å². The van der Waals surface area contributed by atoms with Crippen molar-refractivity contribution in [3.8, 4) is 5.19 Å². The summed E-state index contributed by atoms with van der Waals surface area (Å²) >= 11 is 1.54. The highest BCUT2D eigenvalue weighted by atomic mass is 32.2. The Morgan fingerprint density at radius 1 is 1.22 bits per heavy atom. The van der Waals surface area contributed by atoms with Crippen LogP contribution in [-0.4, -0.2) is 66.8 Å². The van der Waals surface area contributed by atoms with Crippen LogP contribution in [0.3, 0.4) is 0 Å². The number of piperidine rings is 1. The number of sulfone groups is 1. The highest BCUT2D eigenvalue weighted by Crippen LogP contribution is 2.33. The number of rotatable bonds is 9. The van der Waals surface area contributed by atoms with Crippen LogP contribution in [0.15, 0.2) is 36.7 Å². The van der Waals surface area contributed by atoms with Crippen molar-refractivity contribution in [2.24, 2.45) is 5.73 Å². The van der Waals surface area contributed by atoms with Gasteiger partial charge in [0.1, 0.15) is 11.5 Å². The Balaban J connectivity index is 1.22. The van der Waals surface area contributed by atoms with E-state index in [1.54, 1.807) is 0 Å². The van der Waals surface area contributed by atoms with E-state index in [1.807, 2.05) is 30.6 Å². The molecule has 3 N–H and O–H groups in total. The molecule has 0 aliphatic carbocycles. The van der Waals surface area contributed by atoms with Gasteiger partial charge in [-0.25, -0.2) is 23.4 Å². The summed E-state index contributed by atoms with van der Waals surface area (Å²) in [7, 11) is -3.31. The third-order valence-corrected chi connectivity index (χ3v) is 9.63. The van der Waals surface area contributed by atoms with E-state index in [0.717, 1.165) is 72.5 Å². The molecule has 37 heavy (non-hydrogen) atoms. The number of nitrogens with one attached hydrogen (secondary N) is 1. The average molecular weight is 543 g/mol. The van der Waals surface area contributed by atoms with E-state index in [1.165, 1.54) is 16.9 Å². The second-order valence-electron chi connectivity index (χ2n) is 9.58. The van der Waals surface area contributed by atoms with Gasteiger partial charge in [-0.1, -0.05) is 30.7 Å². The molecule has 198 valence electrons. The molecule has 5 rings (SSSR count). The zero-order valence-corrected chi connectivity index (χ0v) is 22.7. The molecule has 1 unspecified atom stereocenters. The summed E-state index contributed by atoms with van der Waals surface area (Å²) in [5.74, 6) is 0.760.